The standard InChI is InChI=1S/C30H43N3O2/c1-23(2)30(34)33(16-15-31-13-5-6-14-31)21-27-20-32(19-25-10-7-9-24(3)17-25)22-29(27)26-11-8-12-28(18-26)35-4/h7-12,17-18,23,27,29H,5-6,13-16,19-22H2,1-4H3. The third-order valence-electron chi connectivity index (χ3n) is 7.67. The van der Waals surface area contributed by atoms with E-state index in [1.165, 1.54) is 42.6 Å². The summed E-state index contributed by atoms with van der Waals surface area (Å²) in [6, 6.07) is 17.4. The molecule has 35 heavy (non-hydrogen) atoms. The number of nitrogens with zero attached hydrogens (tertiary/aromatic N) is 3. The van der Waals surface area contributed by atoms with Gasteiger partial charge in [0.05, 0.1) is 7.11 Å². The van der Waals surface area contributed by atoms with Crippen LogP contribution in [-0.2, 0) is 11.3 Å². The van der Waals surface area contributed by atoms with Crippen LogP contribution in [0.4, 0.5) is 0 Å². The van der Waals surface area contributed by atoms with Gasteiger partial charge in [-0.1, -0.05) is 55.8 Å². The van der Waals surface area contributed by atoms with Crippen LogP contribution in [0.3, 0.4) is 0 Å². The smallest absolute Gasteiger partial charge is 0.225 e. The lowest BCUT2D eigenvalue weighted by molar-refractivity contribution is -0.135. The fraction of sp³-hybridized carbons (Fsp3) is 0.567. The summed E-state index contributed by atoms with van der Waals surface area (Å²) in [5, 5.41) is 0. The zero-order chi connectivity index (χ0) is 24.8. The van der Waals surface area contributed by atoms with Crippen molar-refractivity contribution in [2.45, 2.75) is 46.1 Å². The lowest BCUT2D eigenvalue weighted by atomic mass is 9.88. The second-order valence-electron chi connectivity index (χ2n) is 10.8. The molecule has 190 valence electrons. The van der Waals surface area contributed by atoms with Crippen LogP contribution >= 0.6 is 0 Å². The van der Waals surface area contributed by atoms with E-state index in [1.807, 2.05) is 19.9 Å². The Morgan fingerprint density at radius 2 is 1.83 bits per heavy atom. The molecule has 5 heteroatoms. The Kier molecular flexibility index (Phi) is 8.85. The van der Waals surface area contributed by atoms with Gasteiger partial charge in [0.2, 0.25) is 5.91 Å². The average Bonchev–Trinajstić information content (AvgIpc) is 3.51. The molecule has 0 aromatic heterocycles. The average molecular weight is 478 g/mol. The third-order valence-corrected chi connectivity index (χ3v) is 7.67. The molecule has 2 aromatic rings. The van der Waals surface area contributed by atoms with Gasteiger partial charge in [-0.05, 0) is 62.0 Å². The number of aryl methyl sites for hydroxylation is 1. The summed E-state index contributed by atoms with van der Waals surface area (Å²) in [6.45, 7) is 14.1. The number of rotatable bonds is 10. The van der Waals surface area contributed by atoms with Gasteiger partial charge >= 0.3 is 0 Å². The summed E-state index contributed by atoms with van der Waals surface area (Å²) in [5.41, 5.74) is 3.98. The van der Waals surface area contributed by atoms with Gasteiger partial charge in [0.15, 0.2) is 0 Å². The Bertz CT molecular complexity index is 970. The number of methoxy groups -OCH3 is 1. The van der Waals surface area contributed by atoms with Crippen molar-refractivity contribution in [3.05, 3.63) is 65.2 Å². The van der Waals surface area contributed by atoms with Crippen LogP contribution in [0.5, 0.6) is 5.75 Å². The fourth-order valence-corrected chi connectivity index (χ4v) is 5.80. The minimum absolute atomic E-state index is 0.0219. The Hall–Kier alpha value is -2.37. The van der Waals surface area contributed by atoms with Crippen molar-refractivity contribution in [1.29, 1.82) is 0 Å². The molecule has 2 heterocycles. The van der Waals surface area contributed by atoms with Gasteiger partial charge < -0.3 is 14.5 Å². The van der Waals surface area contributed by atoms with Crippen LogP contribution < -0.4 is 4.74 Å². The number of hydrogen-bond acceptors (Lipinski definition) is 4. The molecule has 0 aliphatic carbocycles. The summed E-state index contributed by atoms with van der Waals surface area (Å²) in [6.07, 6.45) is 2.57. The van der Waals surface area contributed by atoms with Crippen molar-refractivity contribution in [3.8, 4) is 5.75 Å². The van der Waals surface area contributed by atoms with Crippen molar-refractivity contribution >= 4 is 5.91 Å². The quantitative estimate of drug-likeness (QED) is 0.493. The van der Waals surface area contributed by atoms with Crippen LogP contribution in [0.15, 0.2) is 48.5 Å². The predicted molar refractivity (Wildman–Crippen MR) is 143 cm³/mol. The van der Waals surface area contributed by atoms with E-state index in [9.17, 15) is 4.79 Å². The third kappa shape index (κ3) is 6.86. The van der Waals surface area contributed by atoms with Gasteiger partial charge in [-0.15, -0.1) is 0 Å². The minimum Gasteiger partial charge on any atom is -0.497 e. The summed E-state index contributed by atoms with van der Waals surface area (Å²) in [7, 11) is 1.73. The zero-order valence-corrected chi connectivity index (χ0v) is 22.1. The fourth-order valence-electron chi connectivity index (χ4n) is 5.80. The maximum atomic E-state index is 13.3. The number of carbonyl (C=O) groups excluding carboxylic acids is 1. The number of carbonyl (C=O) groups is 1. The van der Waals surface area contributed by atoms with Gasteiger partial charge in [0, 0.05) is 51.1 Å². The maximum absolute atomic E-state index is 13.3. The number of amides is 1. The normalized spacial score (nSPS) is 21.1. The first-order valence-electron chi connectivity index (χ1n) is 13.4. The zero-order valence-electron chi connectivity index (χ0n) is 22.1. The highest BCUT2D eigenvalue weighted by Crippen LogP contribution is 2.36. The molecule has 0 bridgehead atoms. The Morgan fingerprint density at radius 1 is 1.06 bits per heavy atom. The van der Waals surface area contributed by atoms with Crippen molar-refractivity contribution in [2.24, 2.45) is 11.8 Å². The molecule has 2 aromatic carbocycles. The first-order valence-corrected chi connectivity index (χ1v) is 13.4. The maximum Gasteiger partial charge on any atom is 0.225 e. The van der Waals surface area contributed by atoms with Crippen LogP contribution in [-0.4, -0.2) is 73.5 Å². The van der Waals surface area contributed by atoms with E-state index in [0.717, 1.165) is 45.0 Å². The summed E-state index contributed by atoms with van der Waals surface area (Å²) >= 11 is 0. The molecule has 1 amide bonds. The second-order valence-corrected chi connectivity index (χ2v) is 10.8. The molecule has 0 N–H and O–H groups in total. The number of benzene rings is 2. The molecule has 2 aliphatic heterocycles. The predicted octanol–water partition coefficient (Wildman–Crippen LogP) is 4.80. The molecule has 2 unspecified atom stereocenters. The van der Waals surface area contributed by atoms with Crippen LogP contribution in [0.2, 0.25) is 0 Å². The van der Waals surface area contributed by atoms with Crippen molar-refractivity contribution in [2.75, 3.05) is 52.9 Å². The molecular formula is C30H43N3O2. The monoisotopic (exact) mass is 477 g/mol. The molecule has 0 saturated carbocycles. The lowest BCUT2D eigenvalue weighted by Gasteiger charge is -2.31. The molecule has 4 rings (SSSR count). The topological polar surface area (TPSA) is 36.0 Å². The summed E-state index contributed by atoms with van der Waals surface area (Å²) in [5.74, 6) is 1.99. The highest BCUT2D eigenvalue weighted by Gasteiger charge is 2.36. The molecule has 2 aliphatic rings. The lowest BCUT2D eigenvalue weighted by Crippen LogP contribution is -2.43. The molecule has 5 nitrogen and oxygen atoms in total. The molecule has 2 saturated heterocycles. The molecule has 0 spiro atoms. The highest BCUT2D eigenvalue weighted by atomic mass is 16.5. The van der Waals surface area contributed by atoms with Crippen molar-refractivity contribution < 1.29 is 9.53 Å². The number of hydrogen-bond donors (Lipinski definition) is 0. The molecule has 0 radical (unpaired) electrons. The van der Waals surface area contributed by atoms with Gasteiger partial charge in [-0.25, -0.2) is 0 Å². The first-order chi connectivity index (χ1) is 16.9. The van der Waals surface area contributed by atoms with E-state index in [0.29, 0.717) is 11.8 Å². The SMILES string of the molecule is COc1cccc(C2CN(Cc3cccc(C)c3)CC2CN(CCN2CCCC2)C(=O)C(C)C)c1. The molecular weight excluding hydrogens is 434 g/mol. The van der Waals surface area contributed by atoms with Gasteiger partial charge in [0.1, 0.15) is 5.75 Å². The van der Waals surface area contributed by atoms with E-state index in [1.54, 1.807) is 7.11 Å². The Morgan fingerprint density at radius 3 is 2.54 bits per heavy atom. The van der Waals surface area contributed by atoms with Crippen LogP contribution in [0.25, 0.3) is 0 Å². The number of likely N-dealkylation sites (tertiary alicyclic amines) is 2. The molecule has 2 fully saturated rings. The van der Waals surface area contributed by atoms with Crippen molar-refractivity contribution in [3.63, 3.8) is 0 Å². The van der Waals surface area contributed by atoms with E-state index in [4.69, 9.17) is 4.74 Å². The highest BCUT2D eigenvalue weighted by molar-refractivity contribution is 5.78. The van der Waals surface area contributed by atoms with Gasteiger partial charge in [-0.3, -0.25) is 9.69 Å². The summed E-state index contributed by atoms with van der Waals surface area (Å²) in [4.78, 5) is 20.5. The van der Waals surface area contributed by atoms with Crippen LogP contribution in [0, 0.1) is 18.8 Å². The molecule has 2 atom stereocenters. The van der Waals surface area contributed by atoms with E-state index >= 15 is 0 Å². The van der Waals surface area contributed by atoms with E-state index in [2.05, 4.69) is 64.1 Å². The summed E-state index contributed by atoms with van der Waals surface area (Å²) < 4.78 is 5.55. The largest absolute Gasteiger partial charge is 0.497 e. The van der Waals surface area contributed by atoms with Gasteiger partial charge in [-0.2, -0.15) is 0 Å². The van der Waals surface area contributed by atoms with E-state index in [-0.39, 0.29) is 11.8 Å². The first kappa shape index (κ1) is 25.7. The van der Waals surface area contributed by atoms with E-state index < -0.39 is 0 Å². The minimum atomic E-state index is 0.0219. The van der Waals surface area contributed by atoms with Crippen LogP contribution in [0.1, 0.15) is 49.3 Å². The Labute approximate surface area is 212 Å². The second kappa shape index (κ2) is 12.0. The van der Waals surface area contributed by atoms with Gasteiger partial charge in [0.25, 0.3) is 0 Å². The number of ether oxygens (including phenoxy) is 1. The Balaban J connectivity index is 1.53. The van der Waals surface area contributed by atoms with Crippen molar-refractivity contribution in [1.82, 2.24) is 14.7 Å².